The lowest BCUT2D eigenvalue weighted by Crippen LogP contribution is -2.58. The van der Waals surface area contributed by atoms with Crippen LogP contribution in [0.3, 0.4) is 0 Å². The number of amides is 2. The molecule has 1 saturated heterocycles. The standard InChI is InChI=1S/C30H34N2O5/c1-29(2,3)37-28(34)32-26(27(33)31(4)30(32,35)20-23-11-7-5-8-12-23)19-22-15-17-25(18-16-22)36-21-24-13-9-6-10-14-24/h5-18,26,35H,19-21H2,1-4H3/t26-,30+/m0/s1. The molecule has 3 aromatic rings. The Bertz CT molecular complexity index is 1210. The van der Waals surface area contributed by atoms with Crippen molar-refractivity contribution in [2.75, 3.05) is 7.05 Å². The third-order valence-corrected chi connectivity index (χ3v) is 6.33. The van der Waals surface area contributed by atoms with Crippen molar-refractivity contribution in [3.05, 3.63) is 102 Å². The number of carbonyl (C=O) groups excluding carboxylic acids is 2. The van der Waals surface area contributed by atoms with E-state index in [-0.39, 0.29) is 18.7 Å². The van der Waals surface area contributed by atoms with Crippen molar-refractivity contribution in [1.82, 2.24) is 9.80 Å². The monoisotopic (exact) mass is 502 g/mol. The van der Waals surface area contributed by atoms with E-state index in [9.17, 15) is 14.7 Å². The Balaban J connectivity index is 1.56. The van der Waals surface area contributed by atoms with E-state index in [1.807, 2.05) is 84.9 Å². The van der Waals surface area contributed by atoms with Gasteiger partial charge in [-0.3, -0.25) is 9.69 Å². The molecule has 0 unspecified atom stereocenters. The Hall–Kier alpha value is -3.84. The van der Waals surface area contributed by atoms with E-state index < -0.39 is 23.6 Å². The molecule has 0 aromatic heterocycles. The van der Waals surface area contributed by atoms with Gasteiger partial charge in [-0.1, -0.05) is 72.8 Å². The van der Waals surface area contributed by atoms with Crippen LogP contribution >= 0.6 is 0 Å². The average molecular weight is 503 g/mol. The van der Waals surface area contributed by atoms with Gasteiger partial charge >= 0.3 is 6.09 Å². The number of ether oxygens (including phenoxy) is 2. The van der Waals surface area contributed by atoms with Crippen molar-refractivity contribution in [1.29, 1.82) is 0 Å². The maximum Gasteiger partial charge on any atom is 0.414 e. The molecule has 4 rings (SSSR count). The Morgan fingerprint density at radius 2 is 1.46 bits per heavy atom. The highest BCUT2D eigenvalue weighted by Gasteiger charge is 2.57. The molecule has 2 atom stereocenters. The van der Waals surface area contributed by atoms with Gasteiger partial charge in [0.2, 0.25) is 11.8 Å². The van der Waals surface area contributed by atoms with E-state index in [1.165, 1.54) is 16.8 Å². The van der Waals surface area contributed by atoms with Crippen LogP contribution in [0.2, 0.25) is 0 Å². The van der Waals surface area contributed by atoms with Crippen LogP contribution in [0.5, 0.6) is 5.75 Å². The third-order valence-electron chi connectivity index (χ3n) is 6.33. The summed E-state index contributed by atoms with van der Waals surface area (Å²) in [6.07, 6.45) is -0.465. The van der Waals surface area contributed by atoms with Gasteiger partial charge in [0.1, 0.15) is 24.0 Å². The number of likely N-dealkylation sites (N-methyl/N-ethyl adjacent to an activating group) is 1. The van der Waals surface area contributed by atoms with E-state index in [1.54, 1.807) is 20.8 Å². The van der Waals surface area contributed by atoms with Crippen LogP contribution in [-0.4, -0.2) is 51.4 Å². The van der Waals surface area contributed by atoms with E-state index in [0.717, 1.165) is 16.7 Å². The van der Waals surface area contributed by atoms with E-state index >= 15 is 0 Å². The van der Waals surface area contributed by atoms with Crippen molar-refractivity contribution >= 4 is 12.0 Å². The van der Waals surface area contributed by atoms with Crippen molar-refractivity contribution < 1.29 is 24.2 Å². The first-order chi connectivity index (χ1) is 17.6. The predicted octanol–water partition coefficient (Wildman–Crippen LogP) is 4.77. The Kier molecular flexibility index (Phi) is 7.55. The molecule has 0 bridgehead atoms. The fourth-order valence-electron chi connectivity index (χ4n) is 4.44. The van der Waals surface area contributed by atoms with Crippen LogP contribution in [-0.2, 0) is 29.0 Å². The summed E-state index contributed by atoms with van der Waals surface area (Å²) in [6.45, 7) is 5.72. The second-order valence-electron chi connectivity index (χ2n) is 10.3. The molecule has 0 aliphatic carbocycles. The van der Waals surface area contributed by atoms with Crippen LogP contribution in [0.15, 0.2) is 84.9 Å². The summed E-state index contributed by atoms with van der Waals surface area (Å²) < 4.78 is 11.5. The molecular weight excluding hydrogens is 468 g/mol. The molecule has 2 amide bonds. The minimum Gasteiger partial charge on any atom is -0.489 e. The number of aliphatic hydroxyl groups is 1. The lowest BCUT2D eigenvalue weighted by atomic mass is 10.0. The molecule has 1 aliphatic heterocycles. The summed E-state index contributed by atoms with van der Waals surface area (Å²) in [5.41, 5.74) is 1.89. The summed E-state index contributed by atoms with van der Waals surface area (Å²) in [4.78, 5) is 29.2. The first-order valence-electron chi connectivity index (χ1n) is 12.4. The Labute approximate surface area is 218 Å². The van der Waals surface area contributed by atoms with Crippen LogP contribution in [0.4, 0.5) is 4.79 Å². The molecule has 1 N–H and O–H groups in total. The molecule has 1 aliphatic rings. The van der Waals surface area contributed by atoms with Gasteiger partial charge in [0, 0.05) is 19.9 Å². The molecule has 0 spiro atoms. The largest absolute Gasteiger partial charge is 0.489 e. The highest BCUT2D eigenvalue weighted by molar-refractivity contribution is 5.90. The summed E-state index contributed by atoms with van der Waals surface area (Å²) in [5, 5.41) is 11.8. The molecule has 0 saturated carbocycles. The zero-order chi connectivity index (χ0) is 26.6. The van der Waals surface area contributed by atoms with Gasteiger partial charge in [0.05, 0.1) is 0 Å². The highest BCUT2D eigenvalue weighted by atomic mass is 16.6. The molecule has 3 aromatic carbocycles. The fourth-order valence-corrected chi connectivity index (χ4v) is 4.44. The fraction of sp³-hybridized carbons (Fsp3) is 0.333. The van der Waals surface area contributed by atoms with Gasteiger partial charge < -0.3 is 14.6 Å². The molecule has 194 valence electrons. The predicted molar refractivity (Wildman–Crippen MR) is 141 cm³/mol. The van der Waals surface area contributed by atoms with Crippen molar-refractivity contribution in [2.24, 2.45) is 0 Å². The van der Waals surface area contributed by atoms with Crippen LogP contribution in [0, 0.1) is 0 Å². The molecule has 1 heterocycles. The van der Waals surface area contributed by atoms with Gasteiger partial charge in [-0.15, -0.1) is 0 Å². The third kappa shape index (κ3) is 6.12. The van der Waals surface area contributed by atoms with Crippen molar-refractivity contribution in [2.45, 2.75) is 57.7 Å². The van der Waals surface area contributed by atoms with E-state index in [4.69, 9.17) is 9.47 Å². The van der Waals surface area contributed by atoms with Gasteiger partial charge in [-0.25, -0.2) is 9.69 Å². The number of rotatable bonds is 7. The molecule has 37 heavy (non-hydrogen) atoms. The molecule has 7 heteroatoms. The lowest BCUT2D eigenvalue weighted by Gasteiger charge is -2.39. The zero-order valence-electron chi connectivity index (χ0n) is 21.8. The van der Waals surface area contributed by atoms with Gasteiger partial charge in [-0.2, -0.15) is 0 Å². The summed E-state index contributed by atoms with van der Waals surface area (Å²) >= 11 is 0. The topological polar surface area (TPSA) is 79.3 Å². The Morgan fingerprint density at radius 1 is 0.892 bits per heavy atom. The minimum absolute atomic E-state index is 0.0537. The number of benzene rings is 3. The van der Waals surface area contributed by atoms with Gasteiger partial charge in [0.15, 0.2) is 0 Å². The normalized spacial score (nSPS) is 19.7. The van der Waals surface area contributed by atoms with E-state index in [0.29, 0.717) is 12.4 Å². The van der Waals surface area contributed by atoms with Crippen LogP contribution in [0.25, 0.3) is 0 Å². The lowest BCUT2D eigenvalue weighted by molar-refractivity contribution is -0.167. The molecule has 0 radical (unpaired) electrons. The maximum atomic E-state index is 13.4. The maximum absolute atomic E-state index is 13.4. The van der Waals surface area contributed by atoms with E-state index in [2.05, 4.69) is 0 Å². The second-order valence-corrected chi connectivity index (χ2v) is 10.3. The molecular formula is C30H34N2O5. The molecule has 7 nitrogen and oxygen atoms in total. The van der Waals surface area contributed by atoms with Crippen molar-refractivity contribution in [3.63, 3.8) is 0 Å². The molecule has 1 fully saturated rings. The smallest absolute Gasteiger partial charge is 0.414 e. The summed E-state index contributed by atoms with van der Waals surface area (Å²) in [7, 11) is 1.52. The summed E-state index contributed by atoms with van der Waals surface area (Å²) in [5.74, 6) is -1.52. The number of hydrogen-bond acceptors (Lipinski definition) is 5. The second kappa shape index (κ2) is 10.6. The van der Waals surface area contributed by atoms with Crippen LogP contribution < -0.4 is 4.74 Å². The van der Waals surface area contributed by atoms with Crippen molar-refractivity contribution in [3.8, 4) is 5.75 Å². The number of nitrogens with zero attached hydrogens (tertiary/aromatic N) is 2. The first kappa shape index (κ1) is 26.2. The zero-order valence-corrected chi connectivity index (χ0v) is 21.8. The SMILES string of the molecule is CN1C(=O)[C@H](Cc2ccc(OCc3ccccc3)cc2)N(C(=O)OC(C)(C)C)[C@@]1(O)Cc1ccccc1. The average Bonchev–Trinajstić information content (AvgIpc) is 3.04. The number of hydrogen-bond donors (Lipinski definition) is 1. The Morgan fingerprint density at radius 3 is 2.03 bits per heavy atom. The number of carbonyl (C=O) groups is 2. The van der Waals surface area contributed by atoms with Crippen LogP contribution in [0.1, 0.15) is 37.5 Å². The van der Waals surface area contributed by atoms with Gasteiger partial charge in [-0.05, 0) is 49.6 Å². The summed E-state index contributed by atoms with van der Waals surface area (Å²) in [6, 6.07) is 25.7. The van der Waals surface area contributed by atoms with Gasteiger partial charge in [0.25, 0.3) is 0 Å². The minimum atomic E-state index is -1.87. The first-order valence-corrected chi connectivity index (χ1v) is 12.4. The highest BCUT2D eigenvalue weighted by Crippen LogP contribution is 2.35. The quantitative estimate of drug-likeness (QED) is 0.503.